The van der Waals surface area contributed by atoms with E-state index in [0.717, 1.165) is 37.4 Å². The van der Waals surface area contributed by atoms with Gasteiger partial charge in [-0.15, -0.1) is 0 Å². The van der Waals surface area contributed by atoms with E-state index in [0.29, 0.717) is 36.1 Å². The summed E-state index contributed by atoms with van der Waals surface area (Å²) in [7, 11) is 0. The summed E-state index contributed by atoms with van der Waals surface area (Å²) in [6, 6.07) is 15.0. The van der Waals surface area contributed by atoms with Crippen molar-refractivity contribution in [3.8, 4) is 0 Å². The number of nitrogens with one attached hydrogen (secondary N) is 2. The predicted octanol–water partition coefficient (Wildman–Crippen LogP) is 5.00. The van der Waals surface area contributed by atoms with Gasteiger partial charge >= 0.3 is 0 Å². The first-order valence-electron chi connectivity index (χ1n) is 11.8. The number of hydrogen-bond donors (Lipinski definition) is 3. The molecule has 1 saturated carbocycles. The molecule has 1 aliphatic heterocycles. The van der Waals surface area contributed by atoms with Crippen LogP contribution in [0, 0.1) is 10.8 Å². The van der Waals surface area contributed by atoms with Crippen molar-refractivity contribution in [1.29, 1.82) is 5.41 Å². The van der Waals surface area contributed by atoms with Crippen molar-refractivity contribution in [2.45, 2.75) is 25.5 Å². The minimum atomic E-state index is -0.367. The molecule has 0 radical (unpaired) electrons. The van der Waals surface area contributed by atoms with Crippen molar-refractivity contribution >= 4 is 47.0 Å². The summed E-state index contributed by atoms with van der Waals surface area (Å²) in [5.41, 5.74) is 9.06. The second-order valence-electron chi connectivity index (χ2n) is 9.36. The topological polar surface area (TPSA) is 94.7 Å². The van der Waals surface area contributed by atoms with E-state index < -0.39 is 0 Å². The summed E-state index contributed by atoms with van der Waals surface area (Å²) in [6.45, 7) is 5.63. The lowest BCUT2D eigenvalue weighted by Crippen LogP contribution is -2.44. The van der Waals surface area contributed by atoms with Crippen LogP contribution in [0.4, 0.5) is 11.4 Å². The number of benzene rings is 2. The van der Waals surface area contributed by atoms with Crippen molar-refractivity contribution in [2.24, 2.45) is 5.41 Å². The first-order chi connectivity index (χ1) is 16.8. The highest BCUT2D eigenvalue weighted by Gasteiger charge is 2.39. The SMILES string of the molecule is CC1(COC(C(=O)Nc2cccc(Cl)c2)=C(C=N)N2CCN(SCc3cccc(N)c3)CC2)CC1. The Morgan fingerprint density at radius 2 is 1.94 bits per heavy atom. The average Bonchev–Trinajstić information content (AvgIpc) is 3.58. The van der Waals surface area contributed by atoms with Crippen LogP contribution < -0.4 is 11.1 Å². The Morgan fingerprint density at radius 1 is 1.20 bits per heavy atom. The summed E-state index contributed by atoms with van der Waals surface area (Å²) >= 11 is 7.86. The number of halogens is 1. The second kappa shape index (κ2) is 11.4. The van der Waals surface area contributed by atoms with Gasteiger partial charge in [0.25, 0.3) is 5.91 Å². The number of amides is 1. The lowest BCUT2D eigenvalue weighted by atomic mass is 10.2. The maximum atomic E-state index is 13.3. The highest BCUT2D eigenvalue weighted by molar-refractivity contribution is 7.96. The Labute approximate surface area is 216 Å². The van der Waals surface area contributed by atoms with E-state index in [4.69, 9.17) is 27.5 Å². The molecule has 1 heterocycles. The molecule has 7 nitrogen and oxygen atoms in total. The van der Waals surface area contributed by atoms with Gasteiger partial charge in [0.15, 0.2) is 0 Å². The van der Waals surface area contributed by atoms with E-state index in [1.807, 2.05) is 18.2 Å². The molecule has 2 fully saturated rings. The smallest absolute Gasteiger partial charge is 0.293 e. The summed E-state index contributed by atoms with van der Waals surface area (Å²) in [4.78, 5) is 15.3. The van der Waals surface area contributed by atoms with Gasteiger partial charge in [-0.2, -0.15) is 0 Å². The summed E-state index contributed by atoms with van der Waals surface area (Å²) in [6.07, 6.45) is 3.40. The summed E-state index contributed by atoms with van der Waals surface area (Å²) in [5.74, 6) is 0.676. The molecule has 0 spiro atoms. The molecular formula is C26H32ClN5O2S. The fourth-order valence-electron chi connectivity index (χ4n) is 3.82. The molecule has 35 heavy (non-hydrogen) atoms. The third-order valence-electron chi connectivity index (χ3n) is 6.27. The summed E-state index contributed by atoms with van der Waals surface area (Å²) in [5, 5.41) is 11.5. The van der Waals surface area contributed by atoms with Crippen molar-refractivity contribution < 1.29 is 9.53 Å². The van der Waals surface area contributed by atoms with Crippen LogP contribution in [-0.2, 0) is 15.3 Å². The number of nitrogens with two attached hydrogens (primary N) is 1. The first kappa shape index (κ1) is 25.4. The summed E-state index contributed by atoms with van der Waals surface area (Å²) < 4.78 is 8.41. The van der Waals surface area contributed by atoms with Crippen molar-refractivity contribution in [3.05, 3.63) is 70.6 Å². The molecule has 1 aliphatic carbocycles. The molecule has 1 saturated heterocycles. The monoisotopic (exact) mass is 513 g/mol. The zero-order chi connectivity index (χ0) is 24.8. The Kier molecular flexibility index (Phi) is 8.26. The van der Waals surface area contributed by atoms with Gasteiger partial charge in [-0.05, 0) is 48.7 Å². The normalized spacial score (nSPS) is 17.9. The van der Waals surface area contributed by atoms with Crippen LogP contribution in [0.1, 0.15) is 25.3 Å². The second-order valence-corrected chi connectivity index (χ2v) is 10.9. The van der Waals surface area contributed by atoms with Gasteiger partial charge in [-0.1, -0.05) is 48.7 Å². The largest absolute Gasteiger partial charge is 0.486 e. The molecule has 1 amide bonds. The van der Waals surface area contributed by atoms with Gasteiger partial charge in [-0.3, -0.25) is 4.79 Å². The van der Waals surface area contributed by atoms with E-state index in [1.165, 1.54) is 11.8 Å². The van der Waals surface area contributed by atoms with Crippen molar-refractivity contribution in [3.63, 3.8) is 0 Å². The van der Waals surface area contributed by atoms with Gasteiger partial charge in [0.1, 0.15) is 5.70 Å². The molecule has 0 atom stereocenters. The lowest BCUT2D eigenvalue weighted by Gasteiger charge is -2.36. The molecule has 9 heteroatoms. The van der Waals surface area contributed by atoms with E-state index >= 15 is 0 Å². The molecular weight excluding hydrogens is 482 g/mol. The molecule has 4 rings (SSSR count). The zero-order valence-corrected chi connectivity index (χ0v) is 21.5. The zero-order valence-electron chi connectivity index (χ0n) is 19.9. The third-order valence-corrected chi connectivity index (χ3v) is 7.70. The van der Waals surface area contributed by atoms with Gasteiger partial charge < -0.3 is 26.1 Å². The van der Waals surface area contributed by atoms with Crippen LogP contribution in [0.5, 0.6) is 0 Å². The number of carbonyl (C=O) groups excluding carboxylic acids is 1. The molecule has 2 aromatic carbocycles. The van der Waals surface area contributed by atoms with E-state index in [-0.39, 0.29) is 17.1 Å². The Balaban J connectivity index is 1.43. The van der Waals surface area contributed by atoms with E-state index in [9.17, 15) is 4.79 Å². The van der Waals surface area contributed by atoms with Crippen LogP contribution in [0.2, 0.25) is 5.02 Å². The van der Waals surface area contributed by atoms with Gasteiger partial charge in [-0.25, -0.2) is 4.31 Å². The molecule has 2 aromatic rings. The number of hydrogen-bond acceptors (Lipinski definition) is 7. The average molecular weight is 514 g/mol. The lowest BCUT2D eigenvalue weighted by molar-refractivity contribution is -0.116. The maximum Gasteiger partial charge on any atom is 0.293 e. The van der Waals surface area contributed by atoms with Crippen LogP contribution in [0.3, 0.4) is 0 Å². The van der Waals surface area contributed by atoms with Crippen LogP contribution in [-0.4, -0.2) is 54.1 Å². The molecule has 186 valence electrons. The number of allylic oxidation sites excluding steroid dienone is 1. The Bertz CT molecular complexity index is 1100. The predicted molar refractivity (Wildman–Crippen MR) is 144 cm³/mol. The standard InChI is InChI=1S/C26H32ClN5O2S/c1-26(8-9-26)18-34-24(25(33)30-22-7-3-5-20(27)15-22)23(16-28)31-10-12-32(13-11-31)35-17-19-4-2-6-21(29)14-19/h2-7,14-16,28H,8-13,17-18,29H2,1H3,(H,30,33). The molecule has 0 unspecified atom stereocenters. The molecule has 0 aromatic heterocycles. The number of carbonyl (C=O) groups is 1. The minimum absolute atomic E-state index is 0.102. The quantitative estimate of drug-likeness (QED) is 0.136. The number of nitrogen functional groups attached to an aromatic ring is 1. The number of nitrogens with zero attached hydrogens (tertiary/aromatic N) is 2. The third kappa shape index (κ3) is 7.16. The Morgan fingerprint density at radius 3 is 2.60 bits per heavy atom. The van der Waals surface area contributed by atoms with E-state index in [2.05, 4.69) is 27.5 Å². The minimum Gasteiger partial charge on any atom is -0.486 e. The van der Waals surface area contributed by atoms with Gasteiger partial charge in [0.05, 0.1) is 6.61 Å². The number of ether oxygens (including phenoxy) is 1. The fraction of sp³-hybridized carbons (Fsp3) is 0.385. The number of anilines is 2. The van der Waals surface area contributed by atoms with Gasteiger partial charge in [0.2, 0.25) is 5.76 Å². The van der Waals surface area contributed by atoms with Crippen LogP contribution in [0.25, 0.3) is 0 Å². The molecule has 0 bridgehead atoms. The first-order valence-corrected chi connectivity index (χ1v) is 13.1. The van der Waals surface area contributed by atoms with Crippen molar-refractivity contribution in [1.82, 2.24) is 9.21 Å². The maximum absolute atomic E-state index is 13.3. The fourth-order valence-corrected chi connectivity index (χ4v) is 4.94. The van der Waals surface area contributed by atoms with E-state index in [1.54, 1.807) is 36.2 Å². The van der Waals surface area contributed by atoms with Gasteiger partial charge in [0, 0.05) is 60.0 Å². The number of rotatable bonds is 10. The molecule has 4 N–H and O–H groups in total. The Hall–Kier alpha value is -2.68. The number of piperazine rings is 1. The molecule has 2 aliphatic rings. The highest BCUT2D eigenvalue weighted by Crippen LogP contribution is 2.45. The van der Waals surface area contributed by atoms with Crippen LogP contribution >= 0.6 is 23.5 Å². The van der Waals surface area contributed by atoms with Crippen molar-refractivity contribution in [2.75, 3.05) is 43.8 Å². The highest BCUT2D eigenvalue weighted by atomic mass is 35.5. The van der Waals surface area contributed by atoms with Crippen LogP contribution in [0.15, 0.2) is 60.0 Å².